The lowest BCUT2D eigenvalue weighted by Crippen LogP contribution is -2.38. The summed E-state index contributed by atoms with van der Waals surface area (Å²) in [5.41, 5.74) is 5.44. The van der Waals surface area contributed by atoms with Gasteiger partial charge in [0.05, 0.1) is 31.0 Å². The average Bonchev–Trinajstić information content (AvgIpc) is 2.85. The predicted octanol–water partition coefficient (Wildman–Crippen LogP) is 1.29. The van der Waals surface area contributed by atoms with Crippen molar-refractivity contribution in [3.63, 3.8) is 0 Å². The molecule has 1 aliphatic carbocycles. The predicted molar refractivity (Wildman–Crippen MR) is 93.2 cm³/mol. The van der Waals surface area contributed by atoms with Gasteiger partial charge in [-0.05, 0) is 6.42 Å². The van der Waals surface area contributed by atoms with Crippen molar-refractivity contribution in [2.24, 2.45) is 11.1 Å². The first kappa shape index (κ1) is 16.6. The number of nitrogens with two attached hydrogens (primary N) is 1. The van der Waals surface area contributed by atoms with Gasteiger partial charge in [0, 0.05) is 43.0 Å². The van der Waals surface area contributed by atoms with Crippen LogP contribution in [0, 0.1) is 17.0 Å². The summed E-state index contributed by atoms with van der Waals surface area (Å²) in [6, 6.07) is 2.39. The van der Waals surface area contributed by atoms with E-state index in [4.69, 9.17) is 15.2 Å². The third-order valence-electron chi connectivity index (χ3n) is 5.95. The molecule has 5 rings (SSSR count). The van der Waals surface area contributed by atoms with Crippen molar-refractivity contribution in [3.05, 3.63) is 36.2 Å². The zero-order chi connectivity index (χ0) is 18.8. The SMILES string of the molecule is N/C=C\NC[C@H]1CN(c2cc(F)c(N3CC4OC5CC45C3)c(F)c2)C(=O)O1. The molecule has 4 atom stereocenters. The first-order chi connectivity index (χ1) is 13.0. The molecule has 3 heterocycles. The van der Waals surface area contributed by atoms with Crippen molar-refractivity contribution in [2.45, 2.75) is 24.7 Å². The Morgan fingerprint density at radius 1 is 1.30 bits per heavy atom. The Morgan fingerprint density at radius 2 is 2.07 bits per heavy atom. The molecule has 0 bridgehead atoms. The maximum Gasteiger partial charge on any atom is 0.414 e. The lowest BCUT2D eigenvalue weighted by molar-refractivity contribution is -0.0858. The van der Waals surface area contributed by atoms with Crippen LogP contribution in [0.2, 0.25) is 0 Å². The van der Waals surface area contributed by atoms with Crippen LogP contribution in [0.1, 0.15) is 6.42 Å². The summed E-state index contributed by atoms with van der Waals surface area (Å²) >= 11 is 0. The van der Waals surface area contributed by atoms with Gasteiger partial charge in [-0.3, -0.25) is 4.90 Å². The third-order valence-corrected chi connectivity index (χ3v) is 5.95. The molecule has 9 heteroatoms. The number of halogens is 2. The van der Waals surface area contributed by atoms with E-state index in [9.17, 15) is 13.6 Å². The van der Waals surface area contributed by atoms with Crippen molar-refractivity contribution in [1.82, 2.24) is 5.32 Å². The van der Waals surface area contributed by atoms with Crippen LogP contribution in [0.25, 0.3) is 0 Å². The van der Waals surface area contributed by atoms with Gasteiger partial charge in [0.15, 0.2) is 11.6 Å². The van der Waals surface area contributed by atoms with E-state index in [1.54, 1.807) is 4.90 Å². The molecule has 3 unspecified atom stereocenters. The van der Waals surface area contributed by atoms with Gasteiger partial charge >= 0.3 is 6.09 Å². The van der Waals surface area contributed by atoms with E-state index in [0.717, 1.165) is 6.42 Å². The first-order valence-corrected chi connectivity index (χ1v) is 8.99. The topological polar surface area (TPSA) is 80.1 Å². The fourth-order valence-electron chi connectivity index (χ4n) is 4.47. The minimum absolute atomic E-state index is 0.0457. The molecule has 0 aromatic heterocycles. The number of amides is 1. The van der Waals surface area contributed by atoms with Gasteiger partial charge in [-0.2, -0.15) is 0 Å². The van der Waals surface area contributed by atoms with E-state index in [-0.39, 0.29) is 35.5 Å². The summed E-state index contributed by atoms with van der Waals surface area (Å²) in [4.78, 5) is 15.0. The van der Waals surface area contributed by atoms with E-state index < -0.39 is 23.8 Å². The fourth-order valence-corrected chi connectivity index (χ4v) is 4.47. The minimum Gasteiger partial charge on any atom is -0.442 e. The van der Waals surface area contributed by atoms with Crippen LogP contribution in [0.15, 0.2) is 24.5 Å². The molecule has 27 heavy (non-hydrogen) atoms. The van der Waals surface area contributed by atoms with Crippen LogP contribution in [0.4, 0.5) is 25.0 Å². The van der Waals surface area contributed by atoms with Gasteiger partial charge in [0.25, 0.3) is 0 Å². The maximum atomic E-state index is 14.8. The van der Waals surface area contributed by atoms with Crippen molar-refractivity contribution >= 4 is 17.5 Å². The van der Waals surface area contributed by atoms with Crippen molar-refractivity contribution < 1.29 is 23.0 Å². The standard InChI is InChI=1S/C18H20F2N4O3/c19-12-3-10(24-7-11(26-17(24)25)6-22-2-1-21)4-13(20)16(12)23-8-15-18(9-23)5-14(18)27-15/h1-4,11,14-15,22H,5-9,21H2/b2-1-/t11-,14?,15?,18?/m0/s1. The second-order valence-electron chi connectivity index (χ2n) is 7.57. The molecule has 1 aromatic rings. The van der Waals surface area contributed by atoms with Crippen molar-refractivity contribution in [3.8, 4) is 0 Å². The monoisotopic (exact) mass is 378 g/mol. The Hall–Kier alpha value is -2.55. The van der Waals surface area contributed by atoms with Crippen LogP contribution >= 0.6 is 0 Å². The number of carbonyl (C=O) groups is 1. The Morgan fingerprint density at radius 3 is 2.70 bits per heavy atom. The second kappa shape index (κ2) is 5.72. The molecule has 7 nitrogen and oxygen atoms in total. The molecule has 1 amide bonds. The van der Waals surface area contributed by atoms with Gasteiger partial charge in [0.1, 0.15) is 11.8 Å². The van der Waals surface area contributed by atoms with Crippen LogP contribution in [-0.2, 0) is 9.47 Å². The molecule has 1 spiro atoms. The molecule has 4 aliphatic rings. The minimum atomic E-state index is -0.680. The molecule has 4 fully saturated rings. The van der Waals surface area contributed by atoms with E-state index in [0.29, 0.717) is 19.6 Å². The lowest BCUT2D eigenvalue weighted by atomic mass is 9.99. The highest BCUT2D eigenvalue weighted by molar-refractivity contribution is 5.90. The Labute approximate surface area is 154 Å². The molecular formula is C18H20F2N4O3. The Balaban J connectivity index is 1.33. The quantitative estimate of drug-likeness (QED) is 0.804. The maximum absolute atomic E-state index is 14.8. The highest BCUT2D eigenvalue weighted by atomic mass is 19.1. The number of cyclic esters (lactones) is 1. The average molecular weight is 378 g/mol. The molecule has 1 aromatic carbocycles. The number of carbonyl (C=O) groups excluding carboxylic acids is 1. The normalized spacial score (nSPS) is 33.7. The molecular weight excluding hydrogens is 358 g/mol. The number of ether oxygens (including phenoxy) is 2. The number of hydrogen-bond acceptors (Lipinski definition) is 6. The van der Waals surface area contributed by atoms with Crippen LogP contribution in [0.3, 0.4) is 0 Å². The van der Waals surface area contributed by atoms with Gasteiger partial charge < -0.3 is 25.4 Å². The van der Waals surface area contributed by atoms with Crippen LogP contribution in [-0.4, -0.2) is 50.6 Å². The summed E-state index contributed by atoms with van der Waals surface area (Å²) < 4.78 is 40.4. The van der Waals surface area contributed by atoms with E-state index in [1.807, 2.05) is 0 Å². The third kappa shape index (κ3) is 2.44. The zero-order valence-electron chi connectivity index (χ0n) is 14.5. The Kier molecular flexibility index (Phi) is 3.52. The van der Waals surface area contributed by atoms with E-state index in [2.05, 4.69) is 5.32 Å². The molecule has 3 N–H and O–H groups in total. The van der Waals surface area contributed by atoms with Gasteiger partial charge in [0.2, 0.25) is 0 Å². The molecule has 3 aliphatic heterocycles. The van der Waals surface area contributed by atoms with Crippen LogP contribution < -0.4 is 20.9 Å². The summed E-state index contributed by atoms with van der Waals surface area (Å²) in [5.74, 6) is -1.36. The molecule has 3 saturated heterocycles. The first-order valence-electron chi connectivity index (χ1n) is 8.99. The summed E-state index contributed by atoms with van der Waals surface area (Å²) in [7, 11) is 0. The summed E-state index contributed by atoms with van der Waals surface area (Å²) in [6.07, 6.45) is 3.11. The number of anilines is 2. The smallest absolute Gasteiger partial charge is 0.414 e. The van der Waals surface area contributed by atoms with Crippen LogP contribution in [0.5, 0.6) is 0 Å². The Bertz CT molecular complexity index is 810. The summed E-state index contributed by atoms with van der Waals surface area (Å²) in [6.45, 7) is 1.67. The molecule has 0 radical (unpaired) electrons. The number of hydrogen-bond donors (Lipinski definition) is 2. The lowest BCUT2D eigenvalue weighted by Gasteiger charge is -2.28. The van der Waals surface area contributed by atoms with Gasteiger partial charge in [-0.15, -0.1) is 0 Å². The number of nitrogens with one attached hydrogen (secondary N) is 1. The highest BCUT2D eigenvalue weighted by Crippen LogP contribution is 2.65. The number of benzene rings is 1. The van der Waals surface area contributed by atoms with E-state index in [1.165, 1.54) is 29.4 Å². The van der Waals surface area contributed by atoms with Crippen molar-refractivity contribution in [1.29, 1.82) is 0 Å². The van der Waals surface area contributed by atoms with Crippen molar-refractivity contribution in [2.75, 3.05) is 36.0 Å². The molecule has 144 valence electrons. The highest BCUT2D eigenvalue weighted by Gasteiger charge is 2.73. The fraction of sp³-hybridized carbons (Fsp3) is 0.500. The molecule has 1 saturated carbocycles. The number of rotatable bonds is 5. The number of nitrogens with zero attached hydrogens (tertiary/aromatic N) is 2. The van der Waals surface area contributed by atoms with Gasteiger partial charge in [-0.1, -0.05) is 0 Å². The van der Waals surface area contributed by atoms with Gasteiger partial charge in [-0.25, -0.2) is 13.6 Å². The summed E-state index contributed by atoms with van der Waals surface area (Å²) in [5, 5.41) is 2.88. The second-order valence-corrected chi connectivity index (χ2v) is 7.57. The zero-order valence-corrected chi connectivity index (χ0v) is 14.5. The largest absolute Gasteiger partial charge is 0.442 e. The van der Waals surface area contributed by atoms with E-state index >= 15 is 0 Å².